The van der Waals surface area contributed by atoms with E-state index >= 15 is 0 Å². The summed E-state index contributed by atoms with van der Waals surface area (Å²) in [4.78, 5) is 10.3. The molecule has 1 aromatic rings. The van der Waals surface area contributed by atoms with Crippen LogP contribution in [0.2, 0.25) is 0 Å². The van der Waals surface area contributed by atoms with Crippen molar-refractivity contribution in [2.45, 2.75) is 60.4 Å². The van der Waals surface area contributed by atoms with Gasteiger partial charge < -0.3 is 10.1 Å². The van der Waals surface area contributed by atoms with Crippen LogP contribution in [0, 0.1) is 6.92 Å². The predicted octanol–water partition coefficient (Wildman–Crippen LogP) is 4.72. The van der Waals surface area contributed by atoms with Crippen molar-refractivity contribution >= 4 is 6.09 Å². The summed E-state index contributed by atoms with van der Waals surface area (Å²) in [5.41, 5.74) is 2.91. The van der Waals surface area contributed by atoms with Crippen LogP contribution in [0.1, 0.15) is 52.2 Å². The van der Waals surface area contributed by atoms with Crippen molar-refractivity contribution < 1.29 is 9.53 Å². The van der Waals surface area contributed by atoms with Crippen LogP contribution in [0.3, 0.4) is 0 Å². The molecule has 0 fully saturated rings. The van der Waals surface area contributed by atoms with Crippen LogP contribution < -0.4 is 5.32 Å². The fraction of sp³-hybridized carbons (Fsp3) is 0.588. The number of benzene rings is 1. The summed E-state index contributed by atoms with van der Waals surface area (Å²) in [5.74, 6) is 0. The van der Waals surface area contributed by atoms with Gasteiger partial charge in [-0.3, -0.25) is 0 Å². The molecule has 0 unspecified atom stereocenters. The maximum atomic E-state index is 10.3. The van der Waals surface area contributed by atoms with E-state index in [0.717, 1.165) is 0 Å². The smallest absolute Gasteiger partial charge is 0.407 e. The first kappa shape index (κ1) is 20.8. The lowest BCUT2D eigenvalue weighted by Crippen LogP contribution is -2.29. The van der Waals surface area contributed by atoms with Crippen molar-refractivity contribution in [1.29, 1.82) is 0 Å². The van der Waals surface area contributed by atoms with Crippen molar-refractivity contribution in [1.82, 2.24) is 5.32 Å². The van der Waals surface area contributed by atoms with Crippen LogP contribution in [0.4, 0.5) is 4.79 Å². The Kier molecular flexibility index (Phi) is 14.5. The van der Waals surface area contributed by atoms with Crippen molar-refractivity contribution in [3.63, 3.8) is 0 Å². The van der Waals surface area contributed by atoms with Crippen molar-refractivity contribution in [3.8, 4) is 0 Å². The van der Waals surface area contributed by atoms with Gasteiger partial charge in [0, 0.05) is 6.04 Å². The monoisotopic (exact) mass is 281 g/mol. The van der Waals surface area contributed by atoms with E-state index in [1.54, 1.807) is 0 Å². The van der Waals surface area contributed by atoms with Crippen LogP contribution in [0.5, 0.6) is 0 Å². The Labute approximate surface area is 124 Å². The molecule has 0 spiro atoms. The highest BCUT2D eigenvalue weighted by molar-refractivity contribution is 5.67. The Morgan fingerprint density at radius 3 is 2.15 bits per heavy atom. The molecule has 0 radical (unpaired) electrons. The first-order valence-electron chi connectivity index (χ1n) is 7.40. The minimum absolute atomic E-state index is 0.155. The fourth-order valence-corrected chi connectivity index (χ4v) is 1.45. The molecule has 0 atom stereocenters. The zero-order valence-corrected chi connectivity index (χ0v) is 14.1. The molecule has 3 nitrogen and oxygen atoms in total. The average molecular weight is 281 g/mol. The third kappa shape index (κ3) is 11.6. The highest BCUT2D eigenvalue weighted by atomic mass is 16.5. The lowest BCUT2D eigenvalue weighted by Gasteiger charge is -2.04. The number of ether oxygens (including phenoxy) is 1. The van der Waals surface area contributed by atoms with Crippen LogP contribution in [-0.4, -0.2) is 19.2 Å². The van der Waals surface area contributed by atoms with Gasteiger partial charge in [0.15, 0.2) is 0 Å². The molecule has 0 saturated heterocycles. The number of hydrogen-bond acceptors (Lipinski definition) is 2. The van der Waals surface area contributed by atoms with Gasteiger partial charge >= 0.3 is 6.09 Å². The van der Waals surface area contributed by atoms with Gasteiger partial charge in [-0.1, -0.05) is 51.5 Å². The molecule has 0 aromatic heterocycles. The third-order valence-corrected chi connectivity index (χ3v) is 2.37. The van der Waals surface area contributed by atoms with Gasteiger partial charge in [-0.2, -0.15) is 0 Å². The lowest BCUT2D eigenvalue weighted by atomic mass is 10.1. The summed E-state index contributed by atoms with van der Waals surface area (Å²) in [7, 11) is 1.34. The summed E-state index contributed by atoms with van der Waals surface area (Å²) in [6.07, 6.45) is 2.08. The predicted molar refractivity (Wildman–Crippen MR) is 87.2 cm³/mol. The number of amides is 1. The molecule has 3 heteroatoms. The summed E-state index contributed by atoms with van der Waals surface area (Å²) in [6.45, 7) is 12.1. The van der Waals surface area contributed by atoms with Gasteiger partial charge in [0.1, 0.15) is 0 Å². The third-order valence-electron chi connectivity index (χ3n) is 2.37. The van der Waals surface area contributed by atoms with E-state index in [1.165, 1.54) is 31.1 Å². The van der Waals surface area contributed by atoms with Gasteiger partial charge in [0.05, 0.1) is 7.11 Å². The highest BCUT2D eigenvalue weighted by Gasteiger charge is 1.97. The minimum atomic E-state index is -0.375. The quantitative estimate of drug-likeness (QED) is 0.870. The average Bonchev–Trinajstić information content (AvgIpc) is 2.44. The maximum absolute atomic E-state index is 10.3. The Morgan fingerprint density at radius 1 is 1.25 bits per heavy atom. The number of carbonyl (C=O) groups is 1. The molecule has 0 aliphatic carbocycles. The van der Waals surface area contributed by atoms with Crippen molar-refractivity contribution in [2.24, 2.45) is 0 Å². The van der Waals surface area contributed by atoms with Gasteiger partial charge in [0.25, 0.3) is 0 Å². The molecule has 1 aromatic carbocycles. The van der Waals surface area contributed by atoms with Crippen molar-refractivity contribution in [3.05, 3.63) is 35.4 Å². The minimum Gasteiger partial charge on any atom is -0.453 e. The lowest BCUT2D eigenvalue weighted by molar-refractivity contribution is 0.168. The van der Waals surface area contributed by atoms with E-state index in [9.17, 15) is 4.79 Å². The highest BCUT2D eigenvalue weighted by Crippen LogP contribution is 2.08. The van der Waals surface area contributed by atoms with Gasteiger partial charge in [0.2, 0.25) is 0 Å². The molecule has 0 saturated carbocycles. The summed E-state index contributed by atoms with van der Waals surface area (Å²) >= 11 is 0. The second-order valence-corrected chi connectivity index (χ2v) is 4.47. The van der Waals surface area contributed by atoms with E-state index < -0.39 is 0 Å². The zero-order chi connectivity index (χ0) is 16.0. The normalized spacial score (nSPS) is 8.80. The molecule has 1 amide bonds. The summed E-state index contributed by atoms with van der Waals surface area (Å²) in [6, 6.07) is 8.73. The van der Waals surface area contributed by atoms with Crippen LogP contribution >= 0.6 is 0 Å². The van der Waals surface area contributed by atoms with E-state index in [1.807, 2.05) is 27.7 Å². The van der Waals surface area contributed by atoms with Crippen LogP contribution in [0.25, 0.3) is 0 Å². The van der Waals surface area contributed by atoms with Crippen LogP contribution in [0.15, 0.2) is 24.3 Å². The Hall–Kier alpha value is -1.51. The number of aryl methyl sites for hydroxylation is 2. The number of nitrogens with one attached hydrogen (secondary N) is 1. The first-order valence-corrected chi connectivity index (χ1v) is 7.40. The number of alkyl carbamates (subject to hydrolysis) is 1. The molecule has 0 aliphatic rings. The molecular weight excluding hydrogens is 250 g/mol. The number of hydrogen-bond donors (Lipinski definition) is 1. The number of carbonyl (C=O) groups excluding carboxylic acids is 1. The zero-order valence-electron chi connectivity index (χ0n) is 14.1. The molecule has 0 heterocycles. The Morgan fingerprint density at radius 2 is 1.80 bits per heavy atom. The maximum Gasteiger partial charge on any atom is 0.407 e. The van der Waals surface area contributed by atoms with Gasteiger partial charge in [-0.25, -0.2) is 4.79 Å². The summed E-state index contributed by atoms with van der Waals surface area (Å²) < 4.78 is 4.31. The first-order chi connectivity index (χ1) is 9.51. The number of methoxy groups -OCH3 is 1. The van der Waals surface area contributed by atoms with E-state index in [-0.39, 0.29) is 12.1 Å². The van der Waals surface area contributed by atoms with Crippen LogP contribution in [-0.2, 0) is 11.2 Å². The standard InChI is InChI=1S/C10H14.C5H11NO2.C2H6/c1-3-6-10-8-5-4-7-9(10)2;1-4(2)6-5(7)8-3;1-2/h4-5,7-8H,3,6H2,1-2H3;4H,1-3H3,(H,6,7);1-2H3. The molecule has 20 heavy (non-hydrogen) atoms. The number of rotatable bonds is 3. The Balaban J connectivity index is 0. The van der Waals surface area contributed by atoms with E-state index in [4.69, 9.17) is 0 Å². The second-order valence-electron chi connectivity index (χ2n) is 4.47. The largest absolute Gasteiger partial charge is 0.453 e. The molecule has 1 N–H and O–H groups in total. The van der Waals surface area contributed by atoms with E-state index in [0.29, 0.717) is 0 Å². The van der Waals surface area contributed by atoms with Crippen molar-refractivity contribution in [2.75, 3.05) is 7.11 Å². The SMILES string of the molecule is CC.CCCc1ccccc1C.COC(=O)NC(C)C. The molecule has 1 rings (SSSR count). The second kappa shape index (κ2) is 13.9. The molecule has 0 aliphatic heterocycles. The summed E-state index contributed by atoms with van der Waals surface area (Å²) in [5, 5.41) is 2.53. The van der Waals surface area contributed by atoms with E-state index in [2.05, 4.69) is 48.2 Å². The van der Waals surface area contributed by atoms with Gasteiger partial charge in [-0.15, -0.1) is 0 Å². The molecule has 116 valence electrons. The topological polar surface area (TPSA) is 38.3 Å². The molecule has 0 bridgehead atoms. The fourth-order valence-electron chi connectivity index (χ4n) is 1.45. The molecular formula is C17H31NO2. The Bertz CT molecular complexity index is 349. The van der Waals surface area contributed by atoms with Gasteiger partial charge in [-0.05, 0) is 38.3 Å².